The van der Waals surface area contributed by atoms with Crippen molar-refractivity contribution < 1.29 is 13.7 Å². The molecule has 1 heterocycles. The van der Waals surface area contributed by atoms with Gasteiger partial charge < -0.3 is 10.2 Å². The molecule has 2 N–H and O–H groups in total. The van der Waals surface area contributed by atoms with E-state index in [1.165, 1.54) is 0 Å². The van der Waals surface area contributed by atoms with Gasteiger partial charge in [0.05, 0.1) is 16.4 Å². The molecule has 7 heteroatoms. The number of benzene rings is 2. The number of halogens is 1. The topological polar surface area (TPSA) is 99.4 Å². The Morgan fingerprint density at radius 1 is 1.18 bits per heavy atom. The summed E-state index contributed by atoms with van der Waals surface area (Å²) in [5, 5.41) is 10.9. The Bertz CT molecular complexity index is 965. The smallest absolute Gasteiger partial charge is 0.315 e. The number of nitrogen functional groups attached to an aromatic ring is 1. The Morgan fingerprint density at radius 3 is 2.64 bits per heavy atom. The van der Waals surface area contributed by atoms with Crippen molar-refractivity contribution in [3.05, 3.63) is 68.6 Å². The molecule has 0 saturated carbocycles. The zero-order chi connectivity index (χ0) is 15.9. The maximum Gasteiger partial charge on any atom is 0.315 e. The van der Waals surface area contributed by atoms with Crippen molar-refractivity contribution in [1.82, 2.24) is 0 Å². The normalized spacial score (nSPS) is 10.8. The summed E-state index contributed by atoms with van der Waals surface area (Å²) in [5.74, 6) is -0.747. The van der Waals surface area contributed by atoms with E-state index in [2.05, 4.69) is 0 Å². The molecule has 22 heavy (non-hydrogen) atoms. The van der Waals surface area contributed by atoms with Gasteiger partial charge >= 0.3 is 5.69 Å². The number of nitro groups is 1. The van der Waals surface area contributed by atoms with E-state index < -0.39 is 21.9 Å². The zero-order valence-corrected chi connectivity index (χ0v) is 11.1. The van der Waals surface area contributed by atoms with E-state index in [-0.39, 0.29) is 16.7 Å². The van der Waals surface area contributed by atoms with Crippen molar-refractivity contribution >= 4 is 22.3 Å². The number of fused-ring (bicyclic) bond motifs is 1. The first-order valence-electron chi connectivity index (χ1n) is 6.23. The Hall–Kier alpha value is -3.22. The molecule has 1 aromatic heterocycles. The van der Waals surface area contributed by atoms with E-state index >= 15 is 0 Å². The molecular weight excluding hydrogens is 291 g/mol. The van der Waals surface area contributed by atoms with Gasteiger partial charge in [0.25, 0.3) is 0 Å². The minimum atomic E-state index is -0.872. The Balaban J connectivity index is 2.37. The van der Waals surface area contributed by atoms with Crippen molar-refractivity contribution in [1.29, 1.82) is 0 Å². The van der Waals surface area contributed by atoms with Crippen LogP contribution in [-0.4, -0.2) is 4.92 Å². The summed E-state index contributed by atoms with van der Waals surface area (Å²) in [4.78, 5) is 22.3. The largest absolute Gasteiger partial charge is 0.449 e. The molecule has 0 spiro atoms. The predicted molar refractivity (Wildman–Crippen MR) is 78.9 cm³/mol. The minimum absolute atomic E-state index is 0.125. The molecule has 0 fully saturated rings. The maximum atomic E-state index is 13.4. The van der Waals surface area contributed by atoms with Crippen molar-refractivity contribution in [2.75, 3.05) is 5.73 Å². The van der Waals surface area contributed by atoms with Crippen molar-refractivity contribution in [3.63, 3.8) is 0 Å². The molecule has 3 aromatic rings. The van der Waals surface area contributed by atoms with Crippen molar-refractivity contribution in [3.8, 4) is 11.3 Å². The SMILES string of the molecule is Nc1cccc(-c2cc(=O)c3cc(F)cc([N+](=O)[O-])c3o2)c1. The first-order valence-corrected chi connectivity index (χ1v) is 6.23. The van der Waals surface area contributed by atoms with Crippen LogP contribution in [0.1, 0.15) is 0 Å². The molecule has 0 amide bonds. The summed E-state index contributed by atoms with van der Waals surface area (Å²) in [6.45, 7) is 0. The number of hydrogen-bond acceptors (Lipinski definition) is 5. The fraction of sp³-hybridized carbons (Fsp3) is 0. The lowest BCUT2D eigenvalue weighted by Crippen LogP contribution is -2.03. The van der Waals surface area contributed by atoms with E-state index in [4.69, 9.17) is 10.2 Å². The number of nitro benzene ring substituents is 1. The Morgan fingerprint density at radius 2 is 1.95 bits per heavy atom. The van der Waals surface area contributed by atoms with Crippen LogP contribution < -0.4 is 11.2 Å². The predicted octanol–water partition coefficient (Wildman–Crippen LogP) is 3.09. The second-order valence-electron chi connectivity index (χ2n) is 4.66. The highest BCUT2D eigenvalue weighted by molar-refractivity contribution is 5.86. The van der Waals surface area contributed by atoms with Crippen molar-refractivity contribution in [2.45, 2.75) is 0 Å². The van der Waals surface area contributed by atoms with E-state index in [1.54, 1.807) is 24.3 Å². The van der Waals surface area contributed by atoms with Crippen LogP contribution in [0.25, 0.3) is 22.3 Å². The Labute approximate surface area is 122 Å². The average Bonchev–Trinajstić information content (AvgIpc) is 2.47. The van der Waals surface area contributed by atoms with Gasteiger partial charge in [-0.1, -0.05) is 12.1 Å². The summed E-state index contributed by atoms with van der Waals surface area (Å²) in [5.41, 5.74) is 5.18. The molecule has 0 atom stereocenters. The van der Waals surface area contributed by atoms with Gasteiger partial charge in [-0.25, -0.2) is 4.39 Å². The summed E-state index contributed by atoms with van der Waals surface area (Å²) in [6.07, 6.45) is 0. The maximum absolute atomic E-state index is 13.4. The molecule has 0 bridgehead atoms. The molecule has 0 aliphatic carbocycles. The van der Waals surface area contributed by atoms with E-state index in [0.717, 1.165) is 12.1 Å². The number of nitrogens with two attached hydrogens (primary N) is 1. The molecular formula is C15H9FN2O4. The first-order chi connectivity index (χ1) is 10.5. The highest BCUT2D eigenvalue weighted by Crippen LogP contribution is 2.29. The van der Waals surface area contributed by atoms with Crippen LogP contribution in [0, 0.1) is 15.9 Å². The second kappa shape index (κ2) is 4.96. The van der Waals surface area contributed by atoms with Gasteiger partial charge in [0.15, 0.2) is 5.43 Å². The molecule has 3 rings (SSSR count). The number of hydrogen-bond donors (Lipinski definition) is 1. The zero-order valence-electron chi connectivity index (χ0n) is 11.1. The van der Waals surface area contributed by atoms with Gasteiger partial charge in [0.2, 0.25) is 5.58 Å². The van der Waals surface area contributed by atoms with E-state index in [9.17, 15) is 19.3 Å². The van der Waals surface area contributed by atoms with Crippen LogP contribution in [-0.2, 0) is 0 Å². The highest BCUT2D eigenvalue weighted by Gasteiger charge is 2.20. The minimum Gasteiger partial charge on any atom is -0.449 e. The molecule has 0 radical (unpaired) electrons. The van der Waals surface area contributed by atoms with Crippen LogP contribution in [0.15, 0.2) is 51.7 Å². The standard InChI is InChI=1S/C15H9FN2O4/c16-9-5-11-13(19)7-14(8-2-1-3-10(17)4-8)22-15(11)12(6-9)18(20)21/h1-7H,17H2. The third kappa shape index (κ3) is 2.28. The lowest BCUT2D eigenvalue weighted by molar-refractivity contribution is -0.383. The van der Waals surface area contributed by atoms with Gasteiger partial charge in [-0.15, -0.1) is 0 Å². The van der Waals surface area contributed by atoms with Crippen molar-refractivity contribution in [2.24, 2.45) is 0 Å². The summed E-state index contributed by atoms with van der Waals surface area (Å²) in [6, 6.07) is 9.32. The monoisotopic (exact) mass is 300 g/mol. The number of non-ortho nitro benzene ring substituents is 1. The van der Waals surface area contributed by atoms with Crippen LogP contribution in [0.3, 0.4) is 0 Å². The molecule has 0 saturated heterocycles. The number of nitrogens with zero attached hydrogens (tertiary/aromatic N) is 1. The van der Waals surface area contributed by atoms with Gasteiger partial charge in [-0.05, 0) is 18.2 Å². The summed E-state index contributed by atoms with van der Waals surface area (Å²) < 4.78 is 18.9. The third-order valence-electron chi connectivity index (χ3n) is 3.14. The molecule has 0 aliphatic rings. The fourth-order valence-corrected chi connectivity index (χ4v) is 2.18. The van der Waals surface area contributed by atoms with Gasteiger partial charge in [0, 0.05) is 17.3 Å². The Kier molecular flexibility index (Phi) is 3.10. The molecule has 6 nitrogen and oxygen atoms in total. The fourth-order valence-electron chi connectivity index (χ4n) is 2.18. The van der Waals surface area contributed by atoms with Gasteiger partial charge in [0.1, 0.15) is 11.6 Å². The van der Waals surface area contributed by atoms with E-state index in [1.807, 2.05) is 0 Å². The number of rotatable bonds is 2. The molecule has 0 aliphatic heterocycles. The van der Waals surface area contributed by atoms with Crippen LogP contribution >= 0.6 is 0 Å². The number of anilines is 1. The second-order valence-corrected chi connectivity index (χ2v) is 4.66. The first kappa shape index (κ1) is 13.7. The molecule has 2 aromatic carbocycles. The lowest BCUT2D eigenvalue weighted by Gasteiger charge is -2.04. The lowest BCUT2D eigenvalue weighted by atomic mass is 10.1. The highest BCUT2D eigenvalue weighted by atomic mass is 19.1. The average molecular weight is 300 g/mol. The summed E-state index contributed by atoms with van der Waals surface area (Å²) in [7, 11) is 0. The summed E-state index contributed by atoms with van der Waals surface area (Å²) >= 11 is 0. The van der Waals surface area contributed by atoms with Crippen LogP contribution in [0.4, 0.5) is 15.8 Å². The van der Waals surface area contributed by atoms with Crippen LogP contribution in [0.2, 0.25) is 0 Å². The van der Waals surface area contributed by atoms with Crippen LogP contribution in [0.5, 0.6) is 0 Å². The quantitative estimate of drug-likeness (QED) is 0.445. The van der Waals surface area contributed by atoms with Gasteiger partial charge in [-0.2, -0.15) is 0 Å². The third-order valence-corrected chi connectivity index (χ3v) is 3.14. The molecule has 0 unspecified atom stereocenters. The van der Waals surface area contributed by atoms with E-state index in [0.29, 0.717) is 17.3 Å². The van der Waals surface area contributed by atoms with Gasteiger partial charge in [-0.3, -0.25) is 14.9 Å². The molecule has 110 valence electrons.